The molecule has 2 N–H and O–H groups in total. The molecule has 3 aromatic rings. The number of nitrogens with one attached hydrogen (secondary N) is 1. The largest absolute Gasteiger partial charge is 0.477 e. The Balaban J connectivity index is 0.000000500. The standard InChI is InChI=1S/C19H17NO2S.C4H8O/c1-13-6-5-7-14(10-13)12-20-16-11-17(23-18(16)19(21)22)15-8-3-2-4-9-15;1-2-3-4-5/h2-11,20H,12H2,1H3,(H,21,22);4H,2-3H2,1H3. The van der Waals surface area contributed by atoms with E-state index in [1.165, 1.54) is 16.9 Å². The fourth-order valence-corrected chi connectivity index (χ4v) is 3.54. The molecule has 0 atom stereocenters. The Morgan fingerprint density at radius 1 is 1.11 bits per heavy atom. The zero-order valence-electron chi connectivity index (χ0n) is 16.1. The average molecular weight is 396 g/mol. The first-order valence-electron chi connectivity index (χ1n) is 9.20. The molecule has 0 aliphatic rings. The van der Waals surface area contributed by atoms with Gasteiger partial charge in [0, 0.05) is 17.8 Å². The third-order valence-corrected chi connectivity index (χ3v) is 5.13. The number of thiophene rings is 1. The number of benzene rings is 2. The molecule has 28 heavy (non-hydrogen) atoms. The summed E-state index contributed by atoms with van der Waals surface area (Å²) in [5.41, 5.74) is 4.03. The second-order valence-corrected chi connectivity index (χ2v) is 7.37. The van der Waals surface area contributed by atoms with Crippen LogP contribution in [0.4, 0.5) is 5.69 Å². The van der Waals surface area contributed by atoms with Crippen LogP contribution in [0, 0.1) is 6.92 Å². The SMILES string of the molecule is CCCC=O.Cc1cccc(CNc2cc(-c3ccccc3)sc2C(=O)O)c1. The maximum atomic E-state index is 11.5. The summed E-state index contributed by atoms with van der Waals surface area (Å²) in [4.78, 5) is 22.2. The van der Waals surface area contributed by atoms with Crippen molar-refractivity contribution in [3.8, 4) is 10.4 Å². The second-order valence-electron chi connectivity index (χ2n) is 6.32. The van der Waals surface area contributed by atoms with Crippen LogP contribution in [0.3, 0.4) is 0 Å². The minimum absolute atomic E-state index is 0.344. The molecule has 0 saturated carbocycles. The van der Waals surface area contributed by atoms with Crippen molar-refractivity contribution in [1.29, 1.82) is 0 Å². The van der Waals surface area contributed by atoms with Gasteiger partial charge in [-0.2, -0.15) is 0 Å². The third kappa shape index (κ3) is 6.35. The van der Waals surface area contributed by atoms with Gasteiger partial charge in [0.2, 0.25) is 0 Å². The average Bonchev–Trinajstić information content (AvgIpc) is 3.13. The van der Waals surface area contributed by atoms with E-state index in [4.69, 9.17) is 0 Å². The predicted molar refractivity (Wildman–Crippen MR) is 116 cm³/mol. The molecule has 1 heterocycles. The van der Waals surface area contributed by atoms with E-state index in [0.29, 0.717) is 23.5 Å². The first kappa shape index (κ1) is 21.4. The van der Waals surface area contributed by atoms with Crippen molar-refractivity contribution in [2.75, 3.05) is 5.32 Å². The quantitative estimate of drug-likeness (QED) is 0.480. The number of rotatable bonds is 7. The highest BCUT2D eigenvalue weighted by Crippen LogP contribution is 2.35. The fraction of sp³-hybridized carbons (Fsp3) is 0.217. The number of aldehydes is 1. The monoisotopic (exact) mass is 395 g/mol. The van der Waals surface area contributed by atoms with Gasteiger partial charge in [-0.3, -0.25) is 0 Å². The lowest BCUT2D eigenvalue weighted by Gasteiger charge is -2.06. The zero-order chi connectivity index (χ0) is 20.4. The minimum Gasteiger partial charge on any atom is -0.477 e. The van der Waals surface area contributed by atoms with E-state index in [9.17, 15) is 14.7 Å². The van der Waals surface area contributed by atoms with E-state index in [1.807, 2.05) is 68.4 Å². The van der Waals surface area contributed by atoms with Crippen LogP contribution >= 0.6 is 11.3 Å². The Labute approximate surface area is 169 Å². The highest BCUT2D eigenvalue weighted by molar-refractivity contribution is 7.18. The molecule has 0 spiro atoms. The Hall–Kier alpha value is -2.92. The molecule has 0 bridgehead atoms. The van der Waals surface area contributed by atoms with E-state index in [1.54, 1.807) is 0 Å². The van der Waals surface area contributed by atoms with Crippen molar-refractivity contribution >= 4 is 29.3 Å². The number of aryl methyl sites for hydroxylation is 1. The molecule has 4 nitrogen and oxygen atoms in total. The van der Waals surface area contributed by atoms with Crippen molar-refractivity contribution in [1.82, 2.24) is 0 Å². The Kier molecular flexibility index (Phi) is 8.43. The molecule has 0 aliphatic heterocycles. The van der Waals surface area contributed by atoms with Gasteiger partial charge in [-0.15, -0.1) is 11.3 Å². The number of carboxylic acid groups (broad SMARTS) is 1. The molecule has 2 aromatic carbocycles. The first-order valence-corrected chi connectivity index (χ1v) is 10.0. The van der Waals surface area contributed by atoms with Crippen LogP contribution in [0.15, 0.2) is 60.7 Å². The van der Waals surface area contributed by atoms with Crippen LogP contribution in [0.25, 0.3) is 10.4 Å². The van der Waals surface area contributed by atoms with Crippen molar-refractivity contribution < 1.29 is 14.7 Å². The highest BCUT2D eigenvalue weighted by atomic mass is 32.1. The van der Waals surface area contributed by atoms with Crippen LogP contribution < -0.4 is 5.32 Å². The second kappa shape index (κ2) is 11.0. The number of carbonyl (C=O) groups excluding carboxylic acids is 1. The number of hydrogen-bond donors (Lipinski definition) is 2. The summed E-state index contributed by atoms with van der Waals surface area (Å²) >= 11 is 1.30. The smallest absolute Gasteiger partial charge is 0.348 e. The summed E-state index contributed by atoms with van der Waals surface area (Å²) in [5, 5.41) is 12.7. The van der Waals surface area contributed by atoms with Crippen molar-refractivity contribution in [3.05, 3.63) is 76.7 Å². The molecule has 0 fully saturated rings. The van der Waals surface area contributed by atoms with Gasteiger partial charge in [0.25, 0.3) is 0 Å². The molecular formula is C23H25NO3S. The fourth-order valence-electron chi connectivity index (χ4n) is 2.56. The van der Waals surface area contributed by atoms with E-state index in [2.05, 4.69) is 11.4 Å². The lowest BCUT2D eigenvalue weighted by Crippen LogP contribution is -2.03. The maximum absolute atomic E-state index is 11.5. The first-order chi connectivity index (χ1) is 13.5. The van der Waals surface area contributed by atoms with Gasteiger partial charge in [-0.25, -0.2) is 4.79 Å². The number of hydrogen-bond acceptors (Lipinski definition) is 4. The summed E-state index contributed by atoms with van der Waals surface area (Å²) in [7, 11) is 0. The van der Waals surface area contributed by atoms with Gasteiger partial charge in [0.15, 0.2) is 0 Å². The van der Waals surface area contributed by atoms with E-state index in [0.717, 1.165) is 28.7 Å². The third-order valence-electron chi connectivity index (χ3n) is 3.96. The molecule has 146 valence electrons. The van der Waals surface area contributed by atoms with Crippen molar-refractivity contribution in [2.45, 2.75) is 33.2 Å². The Morgan fingerprint density at radius 2 is 1.86 bits per heavy atom. The van der Waals surface area contributed by atoms with Gasteiger partial charge >= 0.3 is 5.97 Å². The zero-order valence-corrected chi connectivity index (χ0v) is 17.0. The molecular weight excluding hydrogens is 370 g/mol. The van der Waals surface area contributed by atoms with Crippen LogP contribution in [0.1, 0.15) is 40.6 Å². The summed E-state index contributed by atoms with van der Waals surface area (Å²) in [6.07, 6.45) is 2.61. The molecule has 0 aliphatic carbocycles. The summed E-state index contributed by atoms with van der Waals surface area (Å²) in [5.74, 6) is -0.899. The topological polar surface area (TPSA) is 66.4 Å². The van der Waals surface area contributed by atoms with Crippen LogP contribution in [0.5, 0.6) is 0 Å². The predicted octanol–water partition coefficient (Wildman–Crippen LogP) is 6.02. The number of aromatic carboxylic acids is 1. The number of unbranched alkanes of at least 4 members (excludes halogenated alkanes) is 1. The van der Waals surface area contributed by atoms with Crippen LogP contribution in [-0.2, 0) is 11.3 Å². The van der Waals surface area contributed by atoms with Gasteiger partial charge in [0.05, 0.1) is 5.69 Å². The van der Waals surface area contributed by atoms with Crippen molar-refractivity contribution in [2.24, 2.45) is 0 Å². The van der Waals surface area contributed by atoms with E-state index >= 15 is 0 Å². The highest BCUT2D eigenvalue weighted by Gasteiger charge is 2.16. The summed E-state index contributed by atoms with van der Waals surface area (Å²) in [6, 6.07) is 19.9. The van der Waals surface area contributed by atoms with Gasteiger partial charge in [-0.05, 0) is 30.5 Å². The van der Waals surface area contributed by atoms with Gasteiger partial charge in [-0.1, -0.05) is 67.1 Å². The Morgan fingerprint density at radius 3 is 2.43 bits per heavy atom. The lowest BCUT2D eigenvalue weighted by molar-refractivity contribution is -0.107. The molecule has 5 heteroatoms. The van der Waals surface area contributed by atoms with Gasteiger partial charge < -0.3 is 15.2 Å². The van der Waals surface area contributed by atoms with Crippen LogP contribution in [0.2, 0.25) is 0 Å². The summed E-state index contributed by atoms with van der Waals surface area (Å²) < 4.78 is 0. The van der Waals surface area contributed by atoms with E-state index < -0.39 is 5.97 Å². The number of carbonyl (C=O) groups is 2. The molecule has 3 rings (SSSR count). The molecule has 1 aromatic heterocycles. The van der Waals surface area contributed by atoms with E-state index in [-0.39, 0.29) is 0 Å². The lowest BCUT2D eigenvalue weighted by atomic mass is 10.1. The normalized spacial score (nSPS) is 9.93. The summed E-state index contributed by atoms with van der Waals surface area (Å²) in [6.45, 7) is 4.63. The van der Waals surface area contributed by atoms with Crippen LogP contribution in [-0.4, -0.2) is 17.4 Å². The Bertz CT molecular complexity index is 903. The van der Waals surface area contributed by atoms with Crippen molar-refractivity contribution in [3.63, 3.8) is 0 Å². The molecule has 0 unspecified atom stereocenters. The molecule has 0 radical (unpaired) electrons. The van der Waals surface area contributed by atoms with Gasteiger partial charge in [0.1, 0.15) is 11.2 Å². The minimum atomic E-state index is -0.899. The molecule has 0 saturated heterocycles. The number of anilines is 1. The number of carboxylic acids is 1. The molecule has 0 amide bonds. The maximum Gasteiger partial charge on any atom is 0.348 e.